The Kier molecular flexibility index (Phi) is 6.47. The average Bonchev–Trinajstić information content (AvgIpc) is 2.96. The first-order valence-corrected chi connectivity index (χ1v) is 7.98. The maximum Gasteiger partial charge on any atom is 0.185 e. The Hall–Kier alpha value is -2.01. The number of ketones is 1. The lowest BCUT2D eigenvalue weighted by atomic mass is 10.0. The normalized spacial score (nSPS) is 11.1. The van der Waals surface area contributed by atoms with E-state index in [0.717, 1.165) is 30.6 Å². The second-order valence-corrected chi connectivity index (χ2v) is 5.81. The number of methoxy groups -OCH3 is 1. The summed E-state index contributed by atoms with van der Waals surface area (Å²) in [6, 6.07) is 9.78. The molecule has 1 heterocycles. The Balaban J connectivity index is 2.27. The van der Waals surface area contributed by atoms with Gasteiger partial charge in [0.15, 0.2) is 11.5 Å². The van der Waals surface area contributed by atoms with Crippen LogP contribution in [-0.2, 0) is 11.2 Å². The smallest absolute Gasteiger partial charge is 0.185 e. The molecule has 2 rings (SSSR count). The number of hydrogen-bond acceptors (Lipinski definition) is 4. The van der Waals surface area contributed by atoms with Crippen molar-refractivity contribution in [3.05, 3.63) is 48.6 Å². The van der Waals surface area contributed by atoms with Gasteiger partial charge in [0.25, 0.3) is 0 Å². The minimum Gasteiger partial charge on any atom is -0.385 e. The van der Waals surface area contributed by atoms with E-state index in [2.05, 4.69) is 17.2 Å². The molecule has 0 saturated carbocycles. The van der Waals surface area contributed by atoms with Crippen LogP contribution in [0.3, 0.4) is 0 Å². The zero-order chi connectivity index (χ0) is 16.7. The van der Waals surface area contributed by atoms with E-state index in [1.165, 1.54) is 0 Å². The average molecular weight is 314 g/mol. The Morgan fingerprint density at radius 1 is 1.30 bits per heavy atom. The van der Waals surface area contributed by atoms with Gasteiger partial charge in [-0.15, -0.1) is 5.10 Å². The van der Waals surface area contributed by atoms with Gasteiger partial charge >= 0.3 is 0 Å². The van der Waals surface area contributed by atoms with E-state index < -0.39 is 0 Å². The topological polar surface area (TPSA) is 57.0 Å². The van der Waals surface area contributed by atoms with Gasteiger partial charge in [0.05, 0.1) is 11.4 Å². The van der Waals surface area contributed by atoms with Crippen LogP contribution in [0.25, 0.3) is 5.69 Å². The van der Waals surface area contributed by atoms with Gasteiger partial charge in [0.2, 0.25) is 0 Å². The van der Waals surface area contributed by atoms with Gasteiger partial charge in [-0.05, 0) is 37.3 Å². The first kappa shape index (κ1) is 17.3. The number of para-hydroxylation sites is 1. The molecule has 0 spiro atoms. The summed E-state index contributed by atoms with van der Waals surface area (Å²) in [5, 5.41) is 8.36. The molecule has 1 atom stereocenters. The van der Waals surface area contributed by atoms with Crippen molar-refractivity contribution >= 4 is 5.78 Å². The molecule has 5 heteroatoms. The first-order chi connectivity index (χ1) is 11.1. The van der Waals surface area contributed by atoms with E-state index in [-0.39, 0.29) is 11.7 Å². The largest absolute Gasteiger partial charge is 0.385 e. The van der Waals surface area contributed by atoms with Crippen LogP contribution in [0.15, 0.2) is 30.3 Å². The summed E-state index contributed by atoms with van der Waals surface area (Å²) >= 11 is 0. The van der Waals surface area contributed by atoms with Gasteiger partial charge in [-0.2, -0.15) is 0 Å². The Bertz CT molecular complexity index is 620. The van der Waals surface area contributed by atoms with Crippen molar-refractivity contribution in [1.29, 1.82) is 0 Å². The minimum atomic E-state index is 0.0106. The third-order valence-electron chi connectivity index (χ3n) is 3.57. The fourth-order valence-corrected chi connectivity index (χ4v) is 2.47. The number of Topliss-reactive ketones (excluding diaryl/α,β-unsaturated/α-hetero) is 1. The van der Waals surface area contributed by atoms with E-state index in [4.69, 9.17) is 4.74 Å². The molecule has 2 aromatic rings. The van der Waals surface area contributed by atoms with Crippen molar-refractivity contribution in [2.45, 2.75) is 32.6 Å². The summed E-state index contributed by atoms with van der Waals surface area (Å²) in [4.78, 5) is 12.4. The van der Waals surface area contributed by atoms with E-state index in [1.54, 1.807) is 11.8 Å². The summed E-state index contributed by atoms with van der Waals surface area (Å²) in [6.07, 6.45) is 3.00. The van der Waals surface area contributed by atoms with E-state index in [0.29, 0.717) is 18.7 Å². The standard InChI is InChI=1S/C18H24N3O2/c1-14(2)13-17(22)18-16(11-7-8-12-23-3)21(20-19-18)15-9-5-4-6-10-15/h4-6,9-10,14H,1,7-8,11-13H2,2-3H3. The highest BCUT2D eigenvalue weighted by molar-refractivity contribution is 5.95. The molecule has 0 amide bonds. The highest BCUT2D eigenvalue weighted by Gasteiger charge is 2.20. The van der Waals surface area contributed by atoms with E-state index >= 15 is 0 Å². The summed E-state index contributed by atoms with van der Waals surface area (Å²) in [5.74, 6) is 0.0714. The molecular formula is C18H24N3O2. The van der Waals surface area contributed by atoms with Crippen LogP contribution in [0.5, 0.6) is 0 Å². The fourth-order valence-electron chi connectivity index (χ4n) is 2.47. The van der Waals surface area contributed by atoms with Gasteiger partial charge < -0.3 is 4.74 Å². The number of unbranched alkanes of at least 4 members (excludes halogenated alkanes) is 1. The van der Waals surface area contributed by atoms with Gasteiger partial charge in [0, 0.05) is 20.1 Å². The minimum absolute atomic E-state index is 0.0106. The van der Waals surface area contributed by atoms with Crippen molar-refractivity contribution < 1.29 is 9.53 Å². The third-order valence-corrected chi connectivity index (χ3v) is 3.57. The lowest BCUT2D eigenvalue weighted by Gasteiger charge is -2.08. The number of hydrogen-bond donors (Lipinski definition) is 0. The molecule has 0 bridgehead atoms. The van der Waals surface area contributed by atoms with Crippen LogP contribution in [-0.4, -0.2) is 34.5 Å². The maximum atomic E-state index is 12.4. The predicted molar refractivity (Wildman–Crippen MR) is 89.6 cm³/mol. The first-order valence-electron chi connectivity index (χ1n) is 7.98. The predicted octanol–water partition coefficient (Wildman–Crippen LogP) is 3.28. The Labute approximate surface area is 137 Å². The van der Waals surface area contributed by atoms with Crippen molar-refractivity contribution in [3.8, 4) is 5.69 Å². The van der Waals surface area contributed by atoms with Crippen molar-refractivity contribution in [2.75, 3.05) is 13.7 Å². The van der Waals surface area contributed by atoms with Crippen LogP contribution in [0.1, 0.15) is 42.4 Å². The van der Waals surface area contributed by atoms with Gasteiger partial charge in [-0.25, -0.2) is 4.68 Å². The van der Waals surface area contributed by atoms with Crippen molar-refractivity contribution in [1.82, 2.24) is 15.0 Å². The number of ether oxygens (including phenoxy) is 1. The molecule has 5 nitrogen and oxygen atoms in total. The summed E-state index contributed by atoms with van der Waals surface area (Å²) in [5.41, 5.74) is 2.27. The molecule has 1 unspecified atom stereocenters. The number of carbonyl (C=O) groups excluding carboxylic acids is 1. The van der Waals surface area contributed by atoms with Crippen molar-refractivity contribution in [3.63, 3.8) is 0 Å². The summed E-state index contributed by atoms with van der Waals surface area (Å²) < 4.78 is 6.86. The van der Waals surface area contributed by atoms with E-state index in [9.17, 15) is 4.79 Å². The van der Waals surface area contributed by atoms with Crippen LogP contribution in [0, 0.1) is 12.8 Å². The van der Waals surface area contributed by atoms with Crippen LogP contribution in [0.4, 0.5) is 0 Å². The number of aromatic nitrogens is 3. The second-order valence-electron chi connectivity index (χ2n) is 5.81. The summed E-state index contributed by atoms with van der Waals surface area (Å²) in [6.45, 7) is 6.54. The molecule has 0 saturated heterocycles. The monoisotopic (exact) mass is 314 g/mol. The Morgan fingerprint density at radius 3 is 2.70 bits per heavy atom. The molecule has 1 aromatic heterocycles. The van der Waals surface area contributed by atoms with Crippen molar-refractivity contribution in [2.24, 2.45) is 5.92 Å². The quantitative estimate of drug-likeness (QED) is 0.526. The zero-order valence-corrected chi connectivity index (χ0v) is 13.9. The second kappa shape index (κ2) is 8.58. The maximum absolute atomic E-state index is 12.4. The SMILES string of the molecule is [CH2]C(C)CC(=O)c1nnn(-c2ccccc2)c1CCCCOC. The highest BCUT2D eigenvalue weighted by Crippen LogP contribution is 2.18. The third kappa shape index (κ3) is 4.73. The van der Waals surface area contributed by atoms with E-state index in [1.807, 2.05) is 37.3 Å². The highest BCUT2D eigenvalue weighted by atomic mass is 16.5. The lowest BCUT2D eigenvalue weighted by Crippen LogP contribution is -2.10. The molecular weight excluding hydrogens is 290 g/mol. The fraction of sp³-hybridized carbons (Fsp3) is 0.444. The lowest BCUT2D eigenvalue weighted by molar-refractivity contribution is 0.0965. The number of rotatable bonds is 9. The molecule has 0 aliphatic heterocycles. The molecule has 1 radical (unpaired) electrons. The van der Waals surface area contributed by atoms with Crippen LogP contribution < -0.4 is 0 Å². The number of benzene rings is 1. The Morgan fingerprint density at radius 2 is 2.04 bits per heavy atom. The molecule has 0 aliphatic rings. The number of nitrogens with zero attached hydrogens (tertiary/aromatic N) is 3. The van der Waals surface area contributed by atoms with Gasteiger partial charge in [0.1, 0.15) is 0 Å². The van der Waals surface area contributed by atoms with Gasteiger partial charge in [-0.1, -0.05) is 37.3 Å². The molecule has 1 aromatic carbocycles. The van der Waals surface area contributed by atoms with Crippen LogP contribution >= 0.6 is 0 Å². The zero-order valence-electron chi connectivity index (χ0n) is 13.9. The molecule has 23 heavy (non-hydrogen) atoms. The summed E-state index contributed by atoms with van der Waals surface area (Å²) in [7, 11) is 1.69. The molecule has 0 N–H and O–H groups in total. The molecule has 0 aliphatic carbocycles. The molecule has 123 valence electrons. The molecule has 0 fully saturated rings. The van der Waals surface area contributed by atoms with Crippen LogP contribution in [0.2, 0.25) is 0 Å². The van der Waals surface area contributed by atoms with Gasteiger partial charge in [-0.3, -0.25) is 4.79 Å². The number of carbonyl (C=O) groups is 1.